The summed E-state index contributed by atoms with van der Waals surface area (Å²) >= 11 is 0. The van der Waals surface area contributed by atoms with Crippen LogP contribution in [0, 0.1) is 0 Å². The lowest BCUT2D eigenvalue weighted by Gasteiger charge is -2.24. The average molecular weight is 332 g/mol. The largest absolute Gasteiger partial charge is 0.507 e. The first-order chi connectivity index (χ1) is 10.0. The van der Waals surface area contributed by atoms with Crippen molar-refractivity contribution in [2.24, 2.45) is 0 Å². The van der Waals surface area contributed by atoms with Gasteiger partial charge in [-0.25, -0.2) is 0 Å². The van der Waals surface area contributed by atoms with Gasteiger partial charge in [-0.3, -0.25) is 0 Å². The van der Waals surface area contributed by atoms with Crippen molar-refractivity contribution in [3.8, 4) is 5.75 Å². The van der Waals surface area contributed by atoms with Gasteiger partial charge in [0.05, 0.1) is 13.2 Å². The Morgan fingerprint density at radius 2 is 1.27 bits per heavy atom. The lowest BCUT2D eigenvalue weighted by Crippen LogP contribution is -2.34. The molecule has 0 aliphatic heterocycles. The number of methoxy groups -OCH3 is 2. The molecular weight excluding hydrogens is 318 g/mol. The molecule has 22 heavy (non-hydrogen) atoms. The SMILES string of the molecule is COCc1cc(C(C(F)(F)F)C(F)(F)F)cc(COC)c1O. The van der Waals surface area contributed by atoms with Gasteiger partial charge in [0.2, 0.25) is 0 Å². The maximum absolute atomic E-state index is 12.8. The molecule has 1 aromatic carbocycles. The topological polar surface area (TPSA) is 38.7 Å². The van der Waals surface area contributed by atoms with E-state index in [4.69, 9.17) is 0 Å². The van der Waals surface area contributed by atoms with Crippen molar-refractivity contribution >= 4 is 0 Å². The van der Waals surface area contributed by atoms with E-state index in [1.807, 2.05) is 0 Å². The first kappa shape index (κ1) is 18.6. The third-order valence-electron chi connectivity index (χ3n) is 2.88. The Bertz CT molecular complexity index is 468. The van der Waals surface area contributed by atoms with E-state index in [1.54, 1.807) is 0 Å². The molecule has 0 spiro atoms. The van der Waals surface area contributed by atoms with Crippen LogP contribution in [-0.2, 0) is 22.7 Å². The zero-order valence-corrected chi connectivity index (χ0v) is 11.7. The van der Waals surface area contributed by atoms with Crippen molar-refractivity contribution in [3.05, 3.63) is 28.8 Å². The summed E-state index contributed by atoms with van der Waals surface area (Å²) in [5.74, 6) is -4.10. The summed E-state index contributed by atoms with van der Waals surface area (Å²) in [7, 11) is 2.40. The second kappa shape index (κ2) is 6.74. The summed E-state index contributed by atoms with van der Waals surface area (Å²) in [6.07, 6.45) is -11.0. The number of ether oxygens (including phenoxy) is 2. The third kappa shape index (κ3) is 4.26. The first-order valence-electron chi connectivity index (χ1n) is 5.98. The van der Waals surface area contributed by atoms with Gasteiger partial charge in [-0.05, 0) is 17.7 Å². The Morgan fingerprint density at radius 1 is 0.909 bits per heavy atom. The van der Waals surface area contributed by atoms with E-state index in [0.29, 0.717) is 12.1 Å². The van der Waals surface area contributed by atoms with E-state index in [1.165, 1.54) is 14.2 Å². The van der Waals surface area contributed by atoms with E-state index in [2.05, 4.69) is 9.47 Å². The zero-order valence-electron chi connectivity index (χ0n) is 11.7. The Morgan fingerprint density at radius 3 is 1.55 bits per heavy atom. The van der Waals surface area contributed by atoms with Crippen molar-refractivity contribution in [1.29, 1.82) is 0 Å². The molecule has 0 aliphatic rings. The van der Waals surface area contributed by atoms with Crippen LogP contribution in [-0.4, -0.2) is 31.7 Å². The van der Waals surface area contributed by atoms with Gasteiger partial charge < -0.3 is 14.6 Å². The highest BCUT2D eigenvalue weighted by Crippen LogP contribution is 2.47. The summed E-state index contributed by atoms with van der Waals surface area (Å²) in [6, 6.07) is 1.28. The summed E-state index contributed by atoms with van der Waals surface area (Å²) < 4.78 is 86.1. The Hall–Kier alpha value is -1.48. The molecule has 9 heteroatoms. The standard InChI is InChI=1S/C13H14F6O3/c1-21-5-8-3-7(4-9(6-22-2)10(8)20)11(12(14,15)16)13(17,18)19/h3-4,11,20H,5-6H2,1-2H3. The predicted molar refractivity (Wildman–Crippen MR) is 64.4 cm³/mol. The molecule has 0 amide bonds. The fraction of sp³-hybridized carbons (Fsp3) is 0.538. The number of phenolic OH excluding ortho intramolecular Hbond substituents is 1. The first-order valence-corrected chi connectivity index (χ1v) is 5.98. The van der Waals surface area contributed by atoms with Gasteiger partial charge in [0, 0.05) is 25.3 Å². The van der Waals surface area contributed by atoms with E-state index in [9.17, 15) is 31.4 Å². The number of phenols is 1. The monoisotopic (exact) mass is 332 g/mol. The molecule has 0 fully saturated rings. The normalized spacial score (nSPS) is 13.0. The van der Waals surface area contributed by atoms with E-state index in [-0.39, 0.29) is 24.3 Å². The van der Waals surface area contributed by atoms with E-state index < -0.39 is 29.6 Å². The van der Waals surface area contributed by atoms with Crippen LogP contribution in [0.3, 0.4) is 0 Å². The van der Waals surface area contributed by atoms with E-state index >= 15 is 0 Å². The van der Waals surface area contributed by atoms with Gasteiger partial charge in [-0.15, -0.1) is 0 Å². The molecule has 0 atom stereocenters. The maximum Gasteiger partial charge on any atom is 0.404 e. The fourth-order valence-corrected chi connectivity index (χ4v) is 2.05. The fourth-order valence-electron chi connectivity index (χ4n) is 2.05. The number of halogens is 6. The molecule has 0 aromatic heterocycles. The quantitative estimate of drug-likeness (QED) is 0.832. The summed E-state index contributed by atoms with van der Waals surface area (Å²) in [5, 5.41) is 9.84. The van der Waals surface area contributed by atoms with Gasteiger partial charge in [-0.1, -0.05) is 0 Å². The molecule has 0 saturated heterocycles. The Balaban J connectivity index is 3.49. The Kier molecular flexibility index (Phi) is 5.69. The van der Waals surface area contributed by atoms with Crippen molar-refractivity contribution in [2.75, 3.05) is 14.2 Å². The van der Waals surface area contributed by atoms with Crippen LogP contribution in [0.2, 0.25) is 0 Å². The van der Waals surface area contributed by atoms with Crippen LogP contribution in [0.4, 0.5) is 26.3 Å². The van der Waals surface area contributed by atoms with Gasteiger partial charge in [0.1, 0.15) is 5.75 Å². The molecule has 0 aliphatic carbocycles. The Labute approximate surface area is 122 Å². The average Bonchev–Trinajstić information content (AvgIpc) is 2.31. The zero-order chi connectivity index (χ0) is 17.1. The van der Waals surface area contributed by atoms with Gasteiger partial charge in [-0.2, -0.15) is 26.3 Å². The van der Waals surface area contributed by atoms with Crippen LogP contribution in [0.1, 0.15) is 22.6 Å². The van der Waals surface area contributed by atoms with Crippen LogP contribution < -0.4 is 0 Å². The number of alkyl halides is 6. The number of aromatic hydroxyl groups is 1. The molecule has 1 rings (SSSR count). The summed E-state index contributed by atoms with van der Waals surface area (Å²) in [6.45, 7) is -0.669. The molecule has 0 heterocycles. The number of hydrogen-bond acceptors (Lipinski definition) is 3. The molecule has 3 nitrogen and oxygen atoms in total. The molecule has 126 valence electrons. The minimum absolute atomic E-state index is 0.175. The van der Waals surface area contributed by atoms with Crippen LogP contribution in [0.25, 0.3) is 0 Å². The van der Waals surface area contributed by atoms with E-state index in [0.717, 1.165) is 0 Å². The summed E-state index contributed by atoms with van der Waals surface area (Å²) in [4.78, 5) is 0. The van der Waals surface area contributed by atoms with Gasteiger partial charge in [0.15, 0.2) is 5.92 Å². The number of benzene rings is 1. The van der Waals surface area contributed by atoms with Gasteiger partial charge >= 0.3 is 12.4 Å². The second-order valence-electron chi connectivity index (χ2n) is 4.57. The molecule has 1 aromatic rings. The molecule has 0 bridgehead atoms. The van der Waals surface area contributed by atoms with Crippen molar-refractivity contribution in [3.63, 3.8) is 0 Å². The van der Waals surface area contributed by atoms with Crippen molar-refractivity contribution in [1.82, 2.24) is 0 Å². The lowest BCUT2D eigenvalue weighted by molar-refractivity contribution is -0.253. The number of rotatable bonds is 5. The highest BCUT2D eigenvalue weighted by molar-refractivity contribution is 5.45. The number of hydrogen-bond donors (Lipinski definition) is 1. The minimum Gasteiger partial charge on any atom is -0.507 e. The van der Waals surface area contributed by atoms with Crippen molar-refractivity contribution in [2.45, 2.75) is 31.5 Å². The maximum atomic E-state index is 12.8. The lowest BCUT2D eigenvalue weighted by atomic mass is 9.93. The molecule has 0 radical (unpaired) electrons. The molecule has 1 N–H and O–H groups in total. The van der Waals surface area contributed by atoms with Crippen LogP contribution >= 0.6 is 0 Å². The molecule has 0 unspecified atom stereocenters. The molecular formula is C13H14F6O3. The predicted octanol–water partition coefficient (Wildman–Crippen LogP) is 3.89. The van der Waals surface area contributed by atoms with Crippen LogP contribution in [0.15, 0.2) is 12.1 Å². The second-order valence-corrected chi connectivity index (χ2v) is 4.57. The van der Waals surface area contributed by atoms with Crippen LogP contribution in [0.5, 0.6) is 5.75 Å². The highest BCUT2D eigenvalue weighted by Gasteiger charge is 2.57. The highest BCUT2D eigenvalue weighted by atomic mass is 19.4. The summed E-state index contributed by atoms with van der Waals surface area (Å²) in [5.41, 5.74) is -1.37. The van der Waals surface area contributed by atoms with Gasteiger partial charge in [0.25, 0.3) is 0 Å². The smallest absolute Gasteiger partial charge is 0.404 e. The van der Waals surface area contributed by atoms with Crippen molar-refractivity contribution < 1.29 is 40.9 Å². The minimum atomic E-state index is -5.51. The molecule has 0 saturated carbocycles. The third-order valence-corrected chi connectivity index (χ3v) is 2.88.